The monoisotopic (exact) mass is 1010 g/mol. The molecule has 8 rings (SSSR count). The molecule has 0 radical (unpaired) electrons. The van der Waals surface area contributed by atoms with Gasteiger partial charge in [-0.15, -0.1) is 0 Å². The molecule has 4 aromatic carbocycles. The number of nitrogens with two attached hydrogens (primary N) is 2. The second-order valence-corrected chi connectivity index (χ2v) is 17.2. The molecule has 8 aromatic rings. The van der Waals surface area contributed by atoms with Crippen LogP contribution in [0, 0.1) is 13.8 Å². The number of aromatic carboxylic acids is 2. The normalized spacial score (nSPS) is 10.8. The first-order chi connectivity index (χ1) is 34.7. The zero-order valence-electron chi connectivity index (χ0n) is 41.5. The predicted octanol–water partition coefficient (Wildman–Crippen LogP) is -0.245. The van der Waals surface area contributed by atoms with Gasteiger partial charge >= 0.3 is 59.1 Å². The van der Waals surface area contributed by atoms with Crippen molar-refractivity contribution in [3.8, 4) is 34.0 Å². The molecule has 0 atom stereocenters. The zero-order valence-corrected chi connectivity index (χ0v) is 45.5. The molecule has 0 unspecified atom stereocenters. The van der Waals surface area contributed by atoms with Gasteiger partial charge in [0.25, 0.3) is 11.8 Å². The summed E-state index contributed by atoms with van der Waals surface area (Å²) in [4.78, 5) is 76.5. The second-order valence-electron chi connectivity index (χ2n) is 17.2. The Morgan fingerprint density at radius 3 is 1.31 bits per heavy atom. The fourth-order valence-electron chi connectivity index (χ4n) is 8.91. The van der Waals surface area contributed by atoms with E-state index < -0.39 is 11.9 Å². The van der Waals surface area contributed by atoms with Gasteiger partial charge in [-0.2, -0.15) is 0 Å². The molecule has 74 heavy (non-hydrogen) atoms. The van der Waals surface area contributed by atoms with Gasteiger partial charge in [-0.05, 0) is 123 Å². The Kier molecular flexibility index (Phi) is 19.1. The molecule has 0 aliphatic carbocycles. The average molecular weight is 1010 g/mol. The summed E-state index contributed by atoms with van der Waals surface area (Å²) < 4.78 is 15.5. The smallest absolute Gasteiger partial charge is 0.545 e. The maximum absolute atomic E-state index is 13.9. The number of rotatable bonds is 21. The maximum Gasteiger partial charge on any atom is 1.00 e. The van der Waals surface area contributed by atoms with E-state index in [1.807, 2.05) is 83.6 Å². The van der Waals surface area contributed by atoms with Crippen LogP contribution in [0.15, 0.2) is 134 Å². The van der Waals surface area contributed by atoms with Gasteiger partial charge in [-0.25, -0.2) is 0 Å². The minimum absolute atomic E-state index is 0. The minimum Gasteiger partial charge on any atom is -0.545 e. The fraction of sp³-hybridized carbons (Fsp3) is 0.179. The fourth-order valence-corrected chi connectivity index (χ4v) is 8.91. The third kappa shape index (κ3) is 12.4. The van der Waals surface area contributed by atoms with Crippen molar-refractivity contribution in [1.29, 1.82) is 0 Å². The van der Waals surface area contributed by atoms with E-state index in [2.05, 4.69) is 10.6 Å². The molecule has 4 aromatic heterocycles. The number of amides is 2. The molecule has 0 fully saturated rings. The SMILES string of the molecule is Cc1c(C(=O)c2ccc(N)c(C(=O)[O-])c2)c2ccccn2c1-c1cccc(OCC(=O)NCCCCCCNC(=O)COc2cccc(-c3c(C)c(C(=O)c4ccc(N)c(C(=O)[O-])c4)c4ccccn34)c2)c1.[Na+].[Na+]. The number of anilines is 2. The maximum atomic E-state index is 13.9. The second kappa shape index (κ2) is 25.2. The summed E-state index contributed by atoms with van der Waals surface area (Å²) in [5, 5.41) is 29.0. The van der Waals surface area contributed by atoms with Crippen LogP contribution in [0.5, 0.6) is 11.5 Å². The number of carbonyl (C=O) groups is 6. The summed E-state index contributed by atoms with van der Waals surface area (Å²) in [5.41, 5.74) is 17.8. The number of ketones is 2. The first-order valence-electron chi connectivity index (χ1n) is 23.2. The van der Waals surface area contributed by atoms with E-state index in [0.717, 1.165) is 48.2 Å². The number of carboxylic acids is 2. The van der Waals surface area contributed by atoms with E-state index in [4.69, 9.17) is 20.9 Å². The number of carbonyl (C=O) groups excluding carboxylic acids is 6. The molecule has 0 aliphatic rings. The Morgan fingerprint density at radius 1 is 0.514 bits per heavy atom. The van der Waals surface area contributed by atoms with Crippen molar-refractivity contribution in [1.82, 2.24) is 19.4 Å². The van der Waals surface area contributed by atoms with Crippen molar-refractivity contribution in [2.45, 2.75) is 39.5 Å². The van der Waals surface area contributed by atoms with Crippen LogP contribution in [0.2, 0.25) is 0 Å². The van der Waals surface area contributed by atoms with Crippen molar-refractivity contribution in [2.24, 2.45) is 0 Å². The van der Waals surface area contributed by atoms with Crippen molar-refractivity contribution < 1.29 is 108 Å². The number of nitrogens with zero attached hydrogens (tertiary/aromatic N) is 2. The van der Waals surface area contributed by atoms with E-state index in [-0.39, 0.29) is 129 Å². The molecule has 0 aliphatic heterocycles. The molecule has 4 heterocycles. The zero-order chi connectivity index (χ0) is 51.1. The van der Waals surface area contributed by atoms with Crippen LogP contribution in [0.4, 0.5) is 11.4 Å². The molecule has 0 saturated carbocycles. The summed E-state index contributed by atoms with van der Waals surface area (Å²) in [6.45, 7) is 4.15. The van der Waals surface area contributed by atoms with Crippen molar-refractivity contribution in [3.63, 3.8) is 0 Å². The number of nitrogens with one attached hydrogen (secondary N) is 2. The summed E-state index contributed by atoms with van der Waals surface area (Å²) in [5.74, 6) is -3.33. The first kappa shape index (κ1) is 56.1. The van der Waals surface area contributed by atoms with Crippen LogP contribution in [0.3, 0.4) is 0 Å². The van der Waals surface area contributed by atoms with Crippen LogP contribution >= 0.6 is 0 Å². The Balaban J connectivity index is 0.00000446. The van der Waals surface area contributed by atoms with Crippen LogP contribution in [0.1, 0.15) is 89.4 Å². The number of fused-ring (bicyclic) bond motifs is 2. The quantitative estimate of drug-likeness (QED) is 0.0315. The van der Waals surface area contributed by atoms with E-state index in [1.165, 1.54) is 36.4 Å². The van der Waals surface area contributed by atoms with Gasteiger partial charge in [0, 0.05) is 70.2 Å². The number of hydrogen-bond donors (Lipinski definition) is 4. The summed E-state index contributed by atoms with van der Waals surface area (Å²) >= 11 is 0. The van der Waals surface area contributed by atoms with Gasteiger partial charge < -0.3 is 60.2 Å². The van der Waals surface area contributed by atoms with Crippen LogP contribution in [-0.2, 0) is 9.59 Å². The molecule has 0 bridgehead atoms. The van der Waals surface area contributed by atoms with Crippen LogP contribution in [0.25, 0.3) is 33.5 Å². The molecular formula is C56H50N6Na2O10. The molecule has 2 amide bonds. The summed E-state index contributed by atoms with van der Waals surface area (Å²) in [6, 6.07) is 33.6. The Bertz CT molecular complexity index is 3210. The number of aromatic nitrogens is 2. The molecule has 366 valence electrons. The Labute approximate surface area is 470 Å². The van der Waals surface area contributed by atoms with E-state index in [9.17, 15) is 39.0 Å². The van der Waals surface area contributed by atoms with E-state index >= 15 is 0 Å². The molecular weight excluding hydrogens is 963 g/mol. The standard InChI is InChI=1S/C56H52N6O10.2Na/c1-33-49(53(65)37-19-21-43(57)41(29-37)55(67)68)45-17-5-9-25-61(45)51(33)35-13-11-15-39(27-35)71-31-47(63)59-23-7-3-4-8-24-60-48(64)32-72-40-16-12-14-36(28-40)52-34(2)50(46-18-6-10-26-62(46)52)54(66)38-20-22-44(58)42(30-38)56(69)70;;/h5-6,9-22,25-30H,3-4,7-8,23-24,31-32,57-58H2,1-2H3,(H,59,63)(H,60,64)(H,67,68)(H,69,70);;/q;2*+1/p-2. The third-order valence-corrected chi connectivity index (χ3v) is 12.4. The largest absolute Gasteiger partial charge is 1.00 e. The molecule has 6 N–H and O–H groups in total. The number of pyridine rings is 2. The van der Waals surface area contributed by atoms with Crippen molar-refractivity contribution >= 4 is 57.7 Å². The number of unbranched alkanes of at least 4 members (excludes halogenated alkanes) is 3. The number of hydrogen-bond acceptors (Lipinski definition) is 12. The topological polar surface area (TPSA) is 252 Å². The van der Waals surface area contributed by atoms with Crippen molar-refractivity contribution in [3.05, 3.63) is 178 Å². The number of carboxylic acid groups (broad SMARTS) is 2. The van der Waals surface area contributed by atoms with Crippen LogP contribution < -0.4 is 101 Å². The Hall–Kier alpha value is -7.18. The third-order valence-electron chi connectivity index (χ3n) is 12.4. The molecule has 0 saturated heterocycles. The Morgan fingerprint density at radius 2 is 0.919 bits per heavy atom. The van der Waals surface area contributed by atoms with Crippen molar-refractivity contribution in [2.75, 3.05) is 37.8 Å². The molecule has 18 heteroatoms. The number of benzene rings is 4. The molecule has 16 nitrogen and oxygen atoms in total. The number of nitrogen functional groups attached to an aromatic ring is 2. The average Bonchev–Trinajstić information content (AvgIpc) is 3.84. The summed E-state index contributed by atoms with van der Waals surface area (Å²) in [7, 11) is 0. The van der Waals surface area contributed by atoms with Gasteiger partial charge in [0.05, 0.1) is 45.5 Å². The number of ether oxygens (including phenoxy) is 2. The summed E-state index contributed by atoms with van der Waals surface area (Å²) in [6.07, 6.45) is 6.80. The van der Waals surface area contributed by atoms with Gasteiger partial charge in [0.15, 0.2) is 24.8 Å². The van der Waals surface area contributed by atoms with Gasteiger partial charge in [-0.3, -0.25) is 19.2 Å². The first-order valence-corrected chi connectivity index (χ1v) is 23.2. The minimum atomic E-state index is -1.47. The van der Waals surface area contributed by atoms with E-state index in [0.29, 0.717) is 57.9 Å². The van der Waals surface area contributed by atoms with E-state index in [1.54, 1.807) is 36.4 Å². The van der Waals surface area contributed by atoms with Gasteiger partial charge in [0.2, 0.25) is 0 Å². The van der Waals surface area contributed by atoms with Gasteiger partial charge in [0.1, 0.15) is 11.5 Å². The van der Waals surface area contributed by atoms with Crippen LogP contribution in [-0.4, -0.2) is 70.4 Å². The predicted molar refractivity (Wildman–Crippen MR) is 268 cm³/mol. The molecule has 0 spiro atoms. The van der Waals surface area contributed by atoms with Gasteiger partial charge in [-0.1, -0.05) is 49.2 Å².